The van der Waals surface area contributed by atoms with Crippen molar-refractivity contribution in [1.29, 1.82) is 0 Å². The lowest BCUT2D eigenvalue weighted by Gasteiger charge is -2.31. The Bertz CT molecular complexity index is 715. The van der Waals surface area contributed by atoms with E-state index < -0.39 is 0 Å². The average Bonchev–Trinajstić information content (AvgIpc) is 3.47. The van der Waals surface area contributed by atoms with Crippen molar-refractivity contribution in [3.8, 4) is 5.75 Å². The molecule has 3 heteroatoms. The smallest absolute Gasteiger partial charge is 0.410 e. The maximum atomic E-state index is 12.8. The van der Waals surface area contributed by atoms with Crippen LogP contribution in [0.1, 0.15) is 76.3 Å². The largest absolute Gasteiger partial charge is 0.413 e. The Morgan fingerprint density at radius 3 is 2.54 bits per heavy atom. The van der Waals surface area contributed by atoms with Gasteiger partial charge in [-0.05, 0) is 54.6 Å². The van der Waals surface area contributed by atoms with Crippen LogP contribution in [0, 0.1) is 5.92 Å². The van der Waals surface area contributed by atoms with Gasteiger partial charge in [0.15, 0.2) is 0 Å². The summed E-state index contributed by atoms with van der Waals surface area (Å²) in [4.78, 5) is 12.8. The number of carbonyl (C=O) groups is 1. The molecular formula is C23H31NO2. The van der Waals surface area contributed by atoms with Gasteiger partial charge < -0.3 is 10.1 Å². The lowest BCUT2D eigenvalue weighted by atomic mass is 9.89. The van der Waals surface area contributed by atoms with Gasteiger partial charge in [0, 0.05) is 0 Å². The summed E-state index contributed by atoms with van der Waals surface area (Å²) in [5.74, 6) is 2.22. The number of nitrogens with one attached hydrogen (secondary N) is 1. The van der Waals surface area contributed by atoms with Crippen LogP contribution in [0.3, 0.4) is 0 Å². The minimum absolute atomic E-state index is 0.307. The molecule has 0 heterocycles. The first-order valence-corrected chi connectivity index (χ1v) is 9.93. The van der Waals surface area contributed by atoms with E-state index >= 15 is 0 Å². The van der Waals surface area contributed by atoms with Crippen LogP contribution in [0.25, 0.3) is 0 Å². The summed E-state index contributed by atoms with van der Waals surface area (Å²) in [5.41, 5.74) is 1.93. The second-order valence-electron chi connectivity index (χ2n) is 8.06. The highest BCUT2D eigenvalue weighted by atomic mass is 16.6. The molecule has 0 spiro atoms. The molecule has 1 fully saturated rings. The normalized spacial score (nSPS) is 23.1. The van der Waals surface area contributed by atoms with Crippen LogP contribution in [0.15, 0.2) is 42.5 Å². The zero-order valence-electron chi connectivity index (χ0n) is 16.4. The Hall–Kier alpha value is -2.03. The van der Waals surface area contributed by atoms with E-state index in [1.54, 1.807) is 0 Å². The van der Waals surface area contributed by atoms with E-state index in [4.69, 9.17) is 4.74 Å². The molecule has 0 bridgehead atoms. The predicted octanol–water partition coefficient (Wildman–Crippen LogP) is 6.08. The van der Waals surface area contributed by atoms with Gasteiger partial charge in [0.25, 0.3) is 0 Å². The number of amides is 1. The van der Waals surface area contributed by atoms with Crippen LogP contribution >= 0.6 is 0 Å². The predicted molar refractivity (Wildman–Crippen MR) is 107 cm³/mol. The van der Waals surface area contributed by atoms with Crippen molar-refractivity contribution in [1.82, 2.24) is 5.32 Å². The Morgan fingerprint density at radius 1 is 1.23 bits per heavy atom. The Labute approximate surface area is 157 Å². The molecule has 1 aromatic rings. The van der Waals surface area contributed by atoms with Crippen molar-refractivity contribution >= 4 is 6.09 Å². The van der Waals surface area contributed by atoms with E-state index in [0.29, 0.717) is 11.8 Å². The van der Waals surface area contributed by atoms with Crippen molar-refractivity contribution in [3.05, 3.63) is 53.6 Å². The second-order valence-corrected chi connectivity index (χ2v) is 8.06. The van der Waals surface area contributed by atoms with E-state index in [1.165, 1.54) is 18.4 Å². The zero-order valence-corrected chi connectivity index (χ0v) is 16.4. The third-order valence-corrected chi connectivity index (χ3v) is 5.84. The van der Waals surface area contributed by atoms with Gasteiger partial charge in [-0.25, -0.2) is 4.79 Å². The molecule has 1 saturated carbocycles. The van der Waals surface area contributed by atoms with Crippen molar-refractivity contribution in [3.63, 3.8) is 0 Å². The highest BCUT2D eigenvalue weighted by molar-refractivity contribution is 5.73. The van der Waals surface area contributed by atoms with E-state index in [9.17, 15) is 4.79 Å². The van der Waals surface area contributed by atoms with Crippen molar-refractivity contribution in [2.45, 2.75) is 70.8 Å². The number of para-hydroxylation sites is 1. The topological polar surface area (TPSA) is 38.3 Å². The van der Waals surface area contributed by atoms with Crippen LogP contribution in [0.4, 0.5) is 4.79 Å². The summed E-state index contributed by atoms with van der Waals surface area (Å²) in [6, 6.07) is 6.29. The minimum Gasteiger partial charge on any atom is -0.410 e. The molecular weight excluding hydrogens is 322 g/mol. The molecule has 1 aromatic carbocycles. The van der Waals surface area contributed by atoms with Crippen LogP contribution in [-0.4, -0.2) is 11.6 Å². The summed E-state index contributed by atoms with van der Waals surface area (Å²) in [6.07, 6.45) is 12.0. The molecule has 2 atom stereocenters. The standard InChI is InChI=1S/C23H31NO2/c1-5-23(14-7-6-8-15-23)24-22(25)26-21-19(16(2)3)10-9-11-20(21)17(4)18-12-13-18/h6-11,14,16-18H,5,12-13,15H2,1-4H3,(H,24,25)/t17?,23-/m0/s1. The van der Waals surface area contributed by atoms with Crippen molar-refractivity contribution in [2.75, 3.05) is 0 Å². The molecule has 3 rings (SSSR count). The summed E-state index contributed by atoms with van der Waals surface area (Å²) >= 11 is 0. The van der Waals surface area contributed by atoms with Gasteiger partial charge in [0.1, 0.15) is 5.75 Å². The van der Waals surface area contributed by atoms with Crippen molar-refractivity contribution in [2.24, 2.45) is 5.92 Å². The first-order chi connectivity index (χ1) is 12.5. The van der Waals surface area contributed by atoms with Crippen LogP contribution in [0.2, 0.25) is 0 Å². The van der Waals surface area contributed by atoms with E-state index in [2.05, 4.69) is 63.4 Å². The van der Waals surface area contributed by atoms with Gasteiger partial charge in [-0.1, -0.05) is 70.2 Å². The van der Waals surface area contributed by atoms with E-state index in [1.807, 2.05) is 12.2 Å². The van der Waals surface area contributed by atoms with E-state index in [0.717, 1.165) is 30.1 Å². The first kappa shape index (κ1) is 18.8. The molecule has 0 aliphatic heterocycles. The summed E-state index contributed by atoms with van der Waals surface area (Å²) in [7, 11) is 0. The maximum absolute atomic E-state index is 12.8. The minimum atomic E-state index is -0.357. The zero-order chi connectivity index (χ0) is 18.7. The quantitative estimate of drug-likeness (QED) is 0.673. The number of hydrogen-bond donors (Lipinski definition) is 1. The van der Waals surface area contributed by atoms with Gasteiger partial charge in [0.05, 0.1) is 5.54 Å². The van der Waals surface area contributed by atoms with Gasteiger partial charge in [-0.3, -0.25) is 0 Å². The monoisotopic (exact) mass is 353 g/mol. The molecule has 2 aliphatic carbocycles. The summed E-state index contributed by atoms with van der Waals surface area (Å²) < 4.78 is 5.96. The Kier molecular flexibility index (Phi) is 5.55. The number of hydrogen-bond acceptors (Lipinski definition) is 2. The number of allylic oxidation sites excluding steroid dienone is 2. The molecule has 140 valence electrons. The van der Waals surface area contributed by atoms with Gasteiger partial charge in [0.2, 0.25) is 0 Å². The van der Waals surface area contributed by atoms with Crippen LogP contribution < -0.4 is 10.1 Å². The molecule has 1 amide bonds. The van der Waals surface area contributed by atoms with Crippen LogP contribution in [-0.2, 0) is 0 Å². The fourth-order valence-corrected chi connectivity index (χ4v) is 3.78. The highest BCUT2D eigenvalue weighted by Gasteiger charge is 2.33. The van der Waals surface area contributed by atoms with Crippen molar-refractivity contribution < 1.29 is 9.53 Å². The first-order valence-electron chi connectivity index (χ1n) is 9.93. The van der Waals surface area contributed by atoms with E-state index in [-0.39, 0.29) is 11.6 Å². The Morgan fingerprint density at radius 2 is 1.96 bits per heavy atom. The lowest BCUT2D eigenvalue weighted by molar-refractivity contribution is 0.187. The number of benzene rings is 1. The molecule has 0 saturated heterocycles. The molecule has 2 aliphatic rings. The summed E-state index contributed by atoms with van der Waals surface area (Å²) in [6.45, 7) is 8.64. The molecule has 26 heavy (non-hydrogen) atoms. The van der Waals surface area contributed by atoms with Gasteiger partial charge in [-0.15, -0.1) is 0 Å². The molecule has 0 radical (unpaired) electrons. The Balaban J connectivity index is 1.84. The van der Waals surface area contributed by atoms with Gasteiger partial charge >= 0.3 is 6.09 Å². The average molecular weight is 354 g/mol. The number of ether oxygens (including phenoxy) is 1. The second kappa shape index (κ2) is 7.69. The fraction of sp³-hybridized carbons (Fsp3) is 0.522. The number of rotatable bonds is 6. The molecule has 0 aromatic heterocycles. The van der Waals surface area contributed by atoms with Crippen LogP contribution in [0.5, 0.6) is 5.75 Å². The SMILES string of the molecule is CC[C@]1(NC(=O)Oc2c(C(C)C)cccc2C(C)C2CC2)C=CC=CC1. The highest BCUT2D eigenvalue weighted by Crippen LogP contribution is 2.46. The number of carbonyl (C=O) groups excluding carboxylic acids is 1. The molecule has 3 nitrogen and oxygen atoms in total. The fourth-order valence-electron chi connectivity index (χ4n) is 3.78. The van der Waals surface area contributed by atoms with Gasteiger partial charge in [-0.2, -0.15) is 0 Å². The summed E-state index contributed by atoms with van der Waals surface area (Å²) in [5, 5.41) is 3.11. The molecule has 1 N–H and O–H groups in total. The third-order valence-electron chi connectivity index (χ3n) is 5.84. The maximum Gasteiger partial charge on any atom is 0.413 e. The third kappa shape index (κ3) is 4.03. The lowest BCUT2D eigenvalue weighted by Crippen LogP contribution is -2.48. The molecule has 1 unspecified atom stereocenters.